The Morgan fingerprint density at radius 2 is 1.85 bits per heavy atom. The van der Waals surface area contributed by atoms with Crippen molar-refractivity contribution in [1.29, 1.82) is 0 Å². The van der Waals surface area contributed by atoms with Gasteiger partial charge in [-0.1, -0.05) is 0 Å². The SMILES string of the molecule is CNC(C)c1ccnc(N2CCN(C(C)(C)C)CC2)c1. The topological polar surface area (TPSA) is 31.4 Å². The lowest BCUT2D eigenvalue weighted by Crippen LogP contribution is -2.53. The Labute approximate surface area is 123 Å². The minimum absolute atomic E-state index is 0.266. The molecule has 0 spiro atoms. The summed E-state index contributed by atoms with van der Waals surface area (Å²) in [5.41, 5.74) is 1.57. The van der Waals surface area contributed by atoms with E-state index in [-0.39, 0.29) is 5.54 Å². The van der Waals surface area contributed by atoms with Crippen molar-refractivity contribution < 1.29 is 0 Å². The molecule has 0 aliphatic carbocycles. The van der Waals surface area contributed by atoms with Gasteiger partial charge in [0, 0.05) is 44.0 Å². The molecule has 1 aliphatic heterocycles. The first-order valence-corrected chi connectivity index (χ1v) is 7.55. The molecule has 0 saturated carbocycles. The summed E-state index contributed by atoms with van der Waals surface area (Å²) in [5.74, 6) is 1.11. The average Bonchev–Trinajstić information content (AvgIpc) is 2.46. The predicted octanol–water partition coefficient (Wildman–Crippen LogP) is 2.28. The molecule has 2 rings (SSSR count). The molecular weight excluding hydrogens is 248 g/mol. The van der Waals surface area contributed by atoms with Crippen molar-refractivity contribution in [2.24, 2.45) is 0 Å². The highest BCUT2D eigenvalue weighted by atomic mass is 15.3. The highest BCUT2D eigenvalue weighted by Crippen LogP contribution is 2.21. The van der Waals surface area contributed by atoms with Gasteiger partial charge in [-0.3, -0.25) is 4.90 Å². The summed E-state index contributed by atoms with van der Waals surface area (Å²) in [7, 11) is 1.99. The van der Waals surface area contributed by atoms with Crippen LogP contribution in [0.15, 0.2) is 18.3 Å². The van der Waals surface area contributed by atoms with Gasteiger partial charge in [0.2, 0.25) is 0 Å². The van der Waals surface area contributed by atoms with Crippen LogP contribution in [0.5, 0.6) is 0 Å². The van der Waals surface area contributed by atoms with Crippen LogP contribution in [0.4, 0.5) is 5.82 Å². The smallest absolute Gasteiger partial charge is 0.128 e. The normalized spacial score (nSPS) is 19.1. The van der Waals surface area contributed by atoms with E-state index in [0.29, 0.717) is 6.04 Å². The summed E-state index contributed by atoms with van der Waals surface area (Å²) >= 11 is 0. The Morgan fingerprint density at radius 3 is 2.40 bits per heavy atom. The fraction of sp³-hybridized carbons (Fsp3) is 0.688. The third-order valence-corrected chi connectivity index (χ3v) is 4.25. The first-order valence-electron chi connectivity index (χ1n) is 7.55. The molecule has 1 N–H and O–H groups in total. The standard InChI is InChI=1S/C16H28N4/c1-13(17-5)14-6-7-18-15(12-14)19-8-10-20(11-9-19)16(2,3)4/h6-7,12-13,17H,8-11H2,1-5H3. The molecule has 0 bridgehead atoms. The van der Waals surface area contributed by atoms with Crippen molar-refractivity contribution in [2.45, 2.75) is 39.3 Å². The monoisotopic (exact) mass is 276 g/mol. The van der Waals surface area contributed by atoms with E-state index in [1.807, 2.05) is 13.2 Å². The number of aromatic nitrogens is 1. The van der Waals surface area contributed by atoms with Gasteiger partial charge in [-0.25, -0.2) is 4.98 Å². The third kappa shape index (κ3) is 3.49. The average molecular weight is 276 g/mol. The van der Waals surface area contributed by atoms with Gasteiger partial charge in [-0.05, 0) is 52.4 Å². The summed E-state index contributed by atoms with van der Waals surface area (Å²) in [6.07, 6.45) is 1.93. The fourth-order valence-electron chi connectivity index (χ4n) is 2.65. The van der Waals surface area contributed by atoms with E-state index in [4.69, 9.17) is 0 Å². The van der Waals surface area contributed by atoms with Crippen LogP contribution in [0, 0.1) is 0 Å². The molecule has 4 heteroatoms. The molecule has 0 aromatic carbocycles. The third-order valence-electron chi connectivity index (χ3n) is 4.25. The van der Waals surface area contributed by atoms with E-state index in [9.17, 15) is 0 Å². The Kier molecular flexibility index (Phi) is 4.66. The maximum absolute atomic E-state index is 4.55. The molecule has 1 atom stereocenters. The van der Waals surface area contributed by atoms with Crippen molar-refractivity contribution in [2.75, 3.05) is 38.1 Å². The van der Waals surface area contributed by atoms with Gasteiger partial charge in [0.05, 0.1) is 0 Å². The van der Waals surface area contributed by atoms with Gasteiger partial charge in [0.25, 0.3) is 0 Å². The second-order valence-corrected chi connectivity index (χ2v) is 6.60. The second-order valence-electron chi connectivity index (χ2n) is 6.60. The molecule has 112 valence electrons. The molecule has 1 aromatic heterocycles. The molecule has 2 heterocycles. The van der Waals surface area contributed by atoms with E-state index in [1.165, 1.54) is 5.56 Å². The number of nitrogens with zero attached hydrogens (tertiary/aromatic N) is 3. The minimum atomic E-state index is 0.266. The zero-order valence-corrected chi connectivity index (χ0v) is 13.5. The summed E-state index contributed by atoms with van der Waals surface area (Å²) in [5, 5.41) is 3.28. The lowest BCUT2D eigenvalue weighted by Gasteiger charge is -2.42. The Morgan fingerprint density at radius 1 is 1.20 bits per heavy atom. The molecule has 0 amide bonds. The number of hydrogen-bond donors (Lipinski definition) is 1. The lowest BCUT2D eigenvalue weighted by atomic mass is 10.0. The van der Waals surface area contributed by atoms with Crippen molar-refractivity contribution in [1.82, 2.24) is 15.2 Å². The van der Waals surface area contributed by atoms with Crippen LogP contribution < -0.4 is 10.2 Å². The van der Waals surface area contributed by atoms with Crippen molar-refractivity contribution in [3.8, 4) is 0 Å². The Balaban J connectivity index is 2.04. The van der Waals surface area contributed by atoms with E-state index in [2.05, 4.69) is 59.9 Å². The molecule has 0 radical (unpaired) electrons. The quantitative estimate of drug-likeness (QED) is 0.918. The molecule has 1 fully saturated rings. The zero-order chi connectivity index (χ0) is 14.8. The van der Waals surface area contributed by atoms with Crippen LogP contribution >= 0.6 is 0 Å². The number of anilines is 1. The van der Waals surface area contributed by atoms with Gasteiger partial charge in [-0.2, -0.15) is 0 Å². The van der Waals surface area contributed by atoms with E-state index in [1.54, 1.807) is 0 Å². The maximum atomic E-state index is 4.55. The first-order chi connectivity index (χ1) is 9.41. The number of nitrogens with one attached hydrogen (secondary N) is 1. The van der Waals surface area contributed by atoms with Crippen molar-refractivity contribution in [3.05, 3.63) is 23.9 Å². The van der Waals surface area contributed by atoms with Crippen LogP contribution in [0.3, 0.4) is 0 Å². The molecule has 1 saturated heterocycles. The summed E-state index contributed by atoms with van der Waals surface area (Å²) in [6, 6.07) is 4.68. The fourth-order valence-corrected chi connectivity index (χ4v) is 2.65. The molecule has 20 heavy (non-hydrogen) atoms. The van der Waals surface area contributed by atoms with Crippen LogP contribution in [0.1, 0.15) is 39.3 Å². The van der Waals surface area contributed by atoms with Crippen LogP contribution in [0.2, 0.25) is 0 Å². The second kappa shape index (κ2) is 6.10. The van der Waals surface area contributed by atoms with Crippen LogP contribution in [0.25, 0.3) is 0 Å². The van der Waals surface area contributed by atoms with Gasteiger partial charge in [0.15, 0.2) is 0 Å². The summed E-state index contributed by atoms with van der Waals surface area (Å²) in [4.78, 5) is 9.49. The number of hydrogen-bond acceptors (Lipinski definition) is 4. The highest BCUT2D eigenvalue weighted by molar-refractivity contribution is 5.42. The van der Waals surface area contributed by atoms with Gasteiger partial charge in [0.1, 0.15) is 5.82 Å². The van der Waals surface area contributed by atoms with E-state index in [0.717, 1.165) is 32.0 Å². The largest absolute Gasteiger partial charge is 0.354 e. The zero-order valence-electron chi connectivity index (χ0n) is 13.5. The van der Waals surface area contributed by atoms with Gasteiger partial charge in [-0.15, -0.1) is 0 Å². The Hall–Kier alpha value is -1.13. The predicted molar refractivity (Wildman–Crippen MR) is 85.3 cm³/mol. The molecule has 1 aromatic rings. The van der Waals surface area contributed by atoms with E-state index < -0.39 is 0 Å². The minimum Gasteiger partial charge on any atom is -0.354 e. The molecule has 1 aliphatic rings. The van der Waals surface area contributed by atoms with Crippen LogP contribution in [-0.4, -0.2) is 48.6 Å². The number of rotatable bonds is 3. The van der Waals surface area contributed by atoms with Crippen molar-refractivity contribution >= 4 is 5.82 Å². The number of piperazine rings is 1. The van der Waals surface area contributed by atoms with Gasteiger partial charge >= 0.3 is 0 Å². The van der Waals surface area contributed by atoms with Crippen LogP contribution in [-0.2, 0) is 0 Å². The van der Waals surface area contributed by atoms with Gasteiger partial charge < -0.3 is 10.2 Å². The molecule has 4 nitrogen and oxygen atoms in total. The summed E-state index contributed by atoms with van der Waals surface area (Å²) in [6.45, 7) is 13.4. The van der Waals surface area contributed by atoms with E-state index >= 15 is 0 Å². The summed E-state index contributed by atoms with van der Waals surface area (Å²) < 4.78 is 0. The Bertz CT molecular complexity index is 430. The number of pyridine rings is 1. The molecular formula is C16H28N4. The lowest BCUT2D eigenvalue weighted by molar-refractivity contribution is 0.128. The van der Waals surface area contributed by atoms with Crippen molar-refractivity contribution in [3.63, 3.8) is 0 Å². The maximum Gasteiger partial charge on any atom is 0.128 e. The molecule has 1 unspecified atom stereocenters. The highest BCUT2D eigenvalue weighted by Gasteiger charge is 2.26. The first kappa shape index (κ1) is 15.3.